The number of fused-ring (bicyclic) bond motifs is 3. The number of nitrogens with two attached hydrogens (primary N) is 1. The van der Waals surface area contributed by atoms with Gasteiger partial charge in [0.05, 0.1) is 0 Å². The number of imide groups is 1. The Kier molecular flexibility index (Phi) is 4.47. The van der Waals surface area contributed by atoms with Crippen LogP contribution in [0.1, 0.15) is 60.0 Å². The van der Waals surface area contributed by atoms with Crippen molar-refractivity contribution in [2.75, 3.05) is 13.1 Å². The van der Waals surface area contributed by atoms with Crippen LogP contribution in [-0.4, -0.2) is 52.2 Å². The zero-order chi connectivity index (χ0) is 20.2. The molecular weight excluding hydrogens is 368 g/mol. The van der Waals surface area contributed by atoms with Crippen molar-refractivity contribution in [2.24, 2.45) is 11.7 Å². The van der Waals surface area contributed by atoms with Crippen LogP contribution in [0.5, 0.6) is 0 Å². The lowest BCUT2D eigenvalue weighted by Crippen LogP contribution is -2.62. The minimum Gasteiger partial charge on any atom is -0.330 e. The number of amides is 3. The smallest absolute Gasteiger partial charge is 0.255 e. The predicted octanol–water partition coefficient (Wildman–Crippen LogP) is 1.15. The van der Waals surface area contributed by atoms with E-state index in [1.165, 1.54) is 19.3 Å². The highest BCUT2D eigenvalue weighted by Gasteiger charge is 2.51. The molecule has 3 saturated heterocycles. The van der Waals surface area contributed by atoms with Crippen molar-refractivity contribution >= 4 is 17.7 Å². The molecule has 0 aromatic heterocycles. The fraction of sp³-hybridized carbons (Fsp3) is 0.591. The van der Waals surface area contributed by atoms with Crippen LogP contribution in [-0.2, 0) is 22.7 Å². The molecule has 4 aliphatic heterocycles. The van der Waals surface area contributed by atoms with E-state index in [0.29, 0.717) is 19.5 Å². The van der Waals surface area contributed by atoms with Crippen molar-refractivity contribution in [3.8, 4) is 0 Å². The lowest BCUT2D eigenvalue weighted by molar-refractivity contribution is -0.136. The molecule has 1 saturated carbocycles. The van der Waals surface area contributed by atoms with Gasteiger partial charge in [-0.1, -0.05) is 18.2 Å². The second kappa shape index (κ2) is 6.92. The zero-order valence-corrected chi connectivity index (χ0v) is 16.7. The highest BCUT2D eigenvalue weighted by atomic mass is 16.2. The van der Waals surface area contributed by atoms with Crippen molar-refractivity contribution in [1.29, 1.82) is 0 Å². The molecule has 4 fully saturated rings. The van der Waals surface area contributed by atoms with Crippen molar-refractivity contribution in [1.82, 2.24) is 15.1 Å². The first kappa shape index (κ1) is 18.8. The van der Waals surface area contributed by atoms with Crippen molar-refractivity contribution < 1.29 is 14.4 Å². The quantitative estimate of drug-likeness (QED) is 0.728. The fourth-order valence-electron chi connectivity index (χ4n) is 5.96. The Morgan fingerprint density at radius 1 is 1.17 bits per heavy atom. The van der Waals surface area contributed by atoms with E-state index in [2.05, 4.69) is 10.2 Å². The summed E-state index contributed by atoms with van der Waals surface area (Å²) in [5, 5.41) is 2.37. The molecule has 1 aliphatic carbocycles. The van der Waals surface area contributed by atoms with E-state index in [0.717, 1.165) is 42.1 Å². The normalized spacial score (nSPS) is 31.5. The number of benzene rings is 1. The number of piperidine rings is 3. The fourth-order valence-corrected chi connectivity index (χ4v) is 5.96. The Labute approximate surface area is 170 Å². The Morgan fingerprint density at radius 2 is 2.00 bits per heavy atom. The first-order valence-corrected chi connectivity index (χ1v) is 10.7. The van der Waals surface area contributed by atoms with Gasteiger partial charge in [0.15, 0.2) is 0 Å². The number of nitrogens with zero attached hydrogens (tertiary/aromatic N) is 2. The predicted molar refractivity (Wildman–Crippen MR) is 107 cm³/mol. The van der Waals surface area contributed by atoms with Crippen molar-refractivity contribution in [2.45, 2.75) is 63.2 Å². The molecule has 5 aliphatic rings. The molecule has 3 N–H and O–H groups in total. The minimum absolute atomic E-state index is 0.0820. The molecule has 1 aromatic carbocycles. The minimum atomic E-state index is -0.564. The van der Waals surface area contributed by atoms with Crippen LogP contribution < -0.4 is 11.1 Å². The average Bonchev–Trinajstić information content (AvgIpc) is 3.00. The maximum absolute atomic E-state index is 13.3. The Morgan fingerprint density at radius 3 is 2.76 bits per heavy atom. The molecule has 4 heterocycles. The molecule has 6 rings (SSSR count). The molecule has 7 nitrogen and oxygen atoms in total. The summed E-state index contributed by atoms with van der Waals surface area (Å²) in [6, 6.07) is 5.48. The standard InChI is InChI=1S/C22H28N4O3/c23-8-7-22-10-14(11-22)6-9-25(22)12-15-2-1-3-16-13-26(21(29)19(15)16)17-4-5-18(27)24-20(17)28/h1-3,14,17H,4-13,23H2,(H,24,27,28). The summed E-state index contributed by atoms with van der Waals surface area (Å²) in [5.74, 6) is 0.137. The monoisotopic (exact) mass is 396 g/mol. The van der Waals surface area contributed by atoms with Gasteiger partial charge in [0.2, 0.25) is 11.8 Å². The number of nitrogens with one attached hydrogen (secondary N) is 1. The number of hydrogen-bond donors (Lipinski definition) is 2. The topological polar surface area (TPSA) is 95.7 Å². The van der Waals surface area contributed by atoms with Crippen LogP contribution in [0.3, 0.4) is 0 Å². The molecule has 0 radical (unpaired) electrons. The third-order valence-corrected chi connectivity index (χ3v) is 7.43. The van der Waals surface area contributed by atoms with E-state index >= 15 is 0 Å². The van der Waals surface area contributed by atoms with E-state index in [9.17, 15) is 14.4 Å². The zero-order valence-electron chi connectivity index (χ0n) is 16.7. The van der Waals surface area contributed by atoms with Gasteiger partial charge in [-0.2, -0.15) is 0 Å². The van der Waals surface area contributed by atoms with Gasteiger partial charge in [0.1, 0.15) is 6.04 Å². The lowest BCUT2D eigenvalue weighted by Gasteiger charge is -2.59. The number of carbonyl (C=O) groups is 3. The Balaban J connectivity index is 1.39. The second-order valence-corrected chi connectivity index (χ2v) is 9.10. The average molecular weight is 396 g/mol. The van der Waals surface area contributed by atoms with E-state index in [1.54, 1.807) is 4.90 Å². The first-order valence-electron chi connectivity index (χ1n) is 10.7. The van der Waals surface area contributed by atoms with Gasteiger partial charge in [-0.25, -0.2) is 0 Å². The molecule has 1 atom stereocenters. The van der Waals surface area contributed by atoms with Gasteiger partial charge in [-0.15, -0.1) is 0 Å². The van der Waals surface area contributed by atoms with Crippen LogP contribution >= 0.6 is 0 Å². The van der Waals surface area contributed by atoms with Crippen LogP contribution in [0.25, 0.3) is 0 Å². The molecule has 1 unspecified atom stereocenters. The van der Waals surface area contributed by atoms with E-state index < -0.39 is 6.04 Å². The summed E-state index contributed by atoms with van der Waals surface area (Å²) < 4.78 is 0. The second-order valence-electron chi connectivity index (χ2n) is 9.10. The largest absolute Gasteiger partial charge is 0.330 e. The molecular formula is C22H28N4O3. The van der Waals surface area contributed by atoms with Crippen molar-refractivity contribution in [3.05, 3.63) is 34.9 Å². The highest BCUT2D eigenvalue weighted by molar-refractivity contribution is 6.06. The number of carbonyl (C=O) groups excluding carboxylic acids is 3. The molecule has 0 spiro atoms. The van der Waals surface area contributed by atoms with Gasteiger partial charge >= 0.3 is 0 Å². The van der Waals surface area contributed by atoms with Crippen LogP contribution in [0.15, 0.2) is 18.2 Å². The van der Waals surface area contributed by atoms with Gasteiger partial charge in [0.25, 0.3) is 5.91 Å². The van der Waals surface area contributed by atoms with Crippen LogP contribution in [0, 0.1) is 5.92 Å². The van der Waals surface area contributed by atoms with E-state index in [1.807, 2.05) is 18.2 Å². The summed E-state index contributed by atoms with van der Waals surface area (Å²) in [6.07, 6.45) is 5.34. The Hall–Kier alpha value is -2.25. The molecule has 2 bridgehead atoms. The highest BCUT2D eigenvalue weighted by Crippen LogP contribution is 2.51. The van der Waals surface area contributed by atoms with Crippen LogP contribution in [0.2, 0.25) is 0 Å². The number of rotatable bonds is 5. The SMILES string of the molecule is NCCC12CC(CCN1Cc1cccc3c1C(=O)N(C1CCC(=O)NC1=O)C3)C2. The number of hydrogen-bond acceptors (Lipinski definition) is 5. The van der Waals surface area contributed by atoms with Gasteiger partial charge in [-0.05, 0) is 62.2 Å². The summed E-state index contributed by atoms with van der Waals surface area (Å²) in [7, 11) is 0. The molecule has 7 heteroatoms. The van der Waals surface area contributed by atoms with Crippen LogP contribution in [0.4, 0.5) is 0 Å². The summed E-state index contributed by atoms with van der Waals surface area (Å²) >= 11 is 0. The van der Waals surface area contributed by atoms with E-state index in [-0.39, 0.29) is 29.7 Å². The molecule has 29 heavy (non-hydrogen) atoms. The maximum atomic E-state index is 13.3. The third-order valence-electron chi connectivity index (χ3n) is 7.43. The van der Waals surface area contributed by atoms with Gasteiger partial charge < -0.3 is 10.6 Å². The third kappa shape index (κ3) is 2.99. The maximum Gasteiger partial charge on any atom is 0.255 e. The van der Waals surface area contributed by atoms with Crippen molar-refractivity contribution in [3.63, 3.8) is 0 Å². The lowest BCUT2D eigenvalue weighted by atomic mass is 9.61. The summed E-state index contributed by atoms with van der Waals surface area (Å²) in [4.78, 5) is 41.3. The van der Waals surface area contributed by atoms with Gasteiger partial charge in [-0.3, -0.25) is 24.6 Å². The summed E-state index contributed by atoms with van der Waals surface area (Å²) in [6.45, 7) is 2.94. The molecule has 154 valence electrons. The Bertz CT molecular complexity index is 871. The van der Waals surface area contributed by atoms with Gasteiger partial charge in [0, 0.05) is 30.6 Å². The van der Waals surface area contributed by atoms with E-state index in [4.69, 9.17) is 5.73 Å². The first-order chi connectivity index (χ1) is 14.0. The summed E-state index contributed by atoms with van der Waals surface area (Å²) in [5.41, 5.74) is 8.89. The molecule has 1 aromatic rings. The molecule has 3 amide bonds.